The van der Waals surface area contributed by atoms with Gasteiger partial charge in [0.05, 0.1) is 12.2 Å². The van der Waals surface area contributed by atoms with Gasteiger partial charge in [0.2, 0.25) is 0 Å². The molecule has 0 radical (unpaired) electrons. The molecule has 0 saturated carbocycles. The summed E-state index contributed by atoms with van der Waals surface area (Å²) < 4.78 is 6.27. The SMILES string of the molecule is CC(O)(Cc1cncc(Br)c1)C1CCOC1. The van der Waals surface area contributed by atoms with Crippen molar-refractivity contribution in [3.8, 4) is 0 Å². The van der Waals surface area contributed by atoms with Gasteiger partial charge in [-0.2, -0.15) is 0 Å². The number of aromatic nitrogens is 1. The molecule has 1 aliphatic rings. The first-order valence-electron chi connectivity index (χ1n) is 5.47. The molecule has 16 heavy (non-hydrogen) atoms. The van der Waals surface area contributed by atoms with E-state index in [-0.39, 0.29) is 5.92 Å². The lowest BCUT2D eigenvalue weighted by Gasteiger charge is -2.29. The topological polar surface area (TPSA) is 42.4 Å². The maximum absolute atomic E-state index is 10.4. The normalized spacial score (nSPS) is 24.3. The zero-order valence-electron chi connectivity index (χ0n) is 9.32. The minimum atomic E-state index is -0.709. The number of nitrogens with zero attached hydrogens (tertiary/aromatic N) is 1. The van der Waals surface area contributed by atoms with Gasteiger partial charge in [-0.15, -0.1) is 0 Å². The Morgan fingerprint density at radius 2 is 2.44 bits per heavy atom. The molecule has 88 valence electrons. The van der Waals surface area contributed by atoms with Gasteiger partial charge in [-0.25, -0.2) is 0 Å². The van der Waals surface area contributed by atoms with E-state index >= 15 is 0 Å². The summed E-state index contributed by atoms with van der Waals surface area (Å²) in [6.45, 7) is 3.30. The van der Waals surface area contributed by atoms with E-state index in [1.165, 1.54) is 0 Å². The summed E-state index contributed by atoms with van der Waals surface area (Å²) in [5, 5.41) is 10.4. The molecule has 2 atom stereocenters. The van der Waals surface area contributed by atoms with Crippen LogP contribution in [0.2, 0.25) is 0 Å². The molecule has 1 aliphatic heterocycles. The number of hydrogen-bond donors (Lipinski definition) is 1. The first-order valence-corrected chi connectivity index (χ1v) is 6.27. The molecule has 2 rings (SSSR count). The Labute approximate surface area is 104 Å². The number of rotatable bonds is 3. The third-order valence-corrected chi connectivity index (χ3v) is 3.57. The van der Waals surface area contributed by atoms with Crippen LogP contribution < -0.4 is 0 Å². The van der Waals surface area contributed by atoms with Crippen LogP contribution in [0.1, 0.15) is 18.9 Å². The molecule has 4 heteroatoms. The molecule has 0 spiro atoms. The van der Waals surface area contributed by atoms with E-state index < -0.39 is 5.60 Å². The quantitative estimate of drug-likeness (QED) is 0.926. The van der Waals surface area contributed by atoms with E-state index in [0.717, 1.165) is 23.1 Å². The van der Waals surface area contributed by atoms with Gasteiger partial charge in [-0.05, 0) is 40.9 Å². The van der Waals surface area contributed by atoms with Crippen molar-refractivity contribution in [2.24, 2.45) is 5.92 Å². The van der Waals surface area contributed by atoms with Gasteiger partial charge in [0.25, 0.3) is 0 Å². The highest BCUT2D eigenvalue weighted by atomic mass is 79.9. The Hall–Kier alpha value is -0.450. The Morgan fingerprint density at radius 3 is 3.06 bits per heavy atom. The summed E-state index contributed by atoms with van der Waals surface area (Å²) in [5.41, 5.74) is 0.338. The lowest BCUT2D eigenvalue weighted by atomic mass is 9.84. The van der Waals surface area contributed by atoms with Gasteiger partial charge >= 0.3 is 0 Å². The van der Waals surface area contributed by atoms with Gasteiger partial charge in [-0.1, -0.05) is 0 Å². The molecule has 3 nitrogen and oxygen atoms in total. The lowest BCUT2D eigenvalue weighted by Crippen LogP contribution is -2.37. The monoisotopic (exact) mass is 285 g/mol. The summed E-state index contributed by atoms with van der Waals surface area (Å²) in [6.07, 6.45) is 5.10. The molecular formula is C12H16BrNO2. The van der Waals surface area contributed by atoms with E-state index in [2.05, 4.69) is 20.9 Å². The van der Waals surface area contributed by atoms with Crippen LogP contribution >= 0.6 is 15.9 Å². The molecule has 2 heterocycles. The Balaban J connectivity index is 2.07. The van der Waals surface area contributed by atoms with E-state index in [0.29, 0.717) is 13.0 Å². The lowest BCUT2D eigenvalue weighted by molar-refractivity contribution is -0.00461. The maximum atomic E-state index is 10.4. The largest absolute Gasteiger partial charge is 0.389 e. The van der Waals surface area contributed by atoms with Crippen LogP contribution in [0.3, 0.4) is 0 Å². The third kappa shape index (κ3) is 2.81. The van der Waals surface area contributed by atoms with E-state index in [1.807, 2.05) is 13.0 Å². The van der Waals surface area contributed by atoms with Crippen LogP contribution in [0.15, 0.2) is 22.9 Å². The Kier molecular flexibility index (Phi) is 3.62. The predicted octanol–water partition coefficient (Wildman–Crippen LogP) is 2.17. The van der Waals surface area contributed by atoms with Gasteiger partial charge in [0.1, 0.15) is 0 Å². The minimum absolute atomic E-state index is 0.228. The number of pyridine rings is 1. The van der Waals surface area contributed by atoms with Crippen molar-refractivity contribution in [2.45, 2.75) is 25.4 Å². The van der Waals surface area contributed by atoms with Crippen LogP contribution in [0, 0.1) is 5.92 Å². The summed E-state index contributed by atoms with van der Waals surface area (Å²) in [5.74, 6) is 0.228. The second kappa shape index (κ2) is 4.82. The number of aliphatic hydroxyl groups is 1. The van der Waals surface area contributed by atoms with Crippen LogP contribution in [0.5, 0.6) is 0 Å². The van der Waals surface area contributed by atoms with Crippen molar-refractivity contribution in [3.05, 3.63) is 28.5 Å². The van der Waals surface area contributed by atoms with Gasteiger partial charge < -0.3 is 9.84 Å². The molecule has 1 aromatic rings. The first kappa shape index (κ1) is 12.0. The molecule has 2 unspecified atom stereocenters. The highest BCUT2D eigenvalue weighted by Crippen LogP contribution is 2.29. The van der Waals surface area contributed by atoms with Gasteiger partial charge in [0, 0.05) is 35.8 Å². The standard InChI is InChI=1S/C12H16BrNO2/c1-12(15,10-2-3-16-8-10)5-9-4-11(13)7-14-6-9/h4,6-7,10,15H,2-3,5,8H2,1H3. The minimum Gasteiger partial charge on any atom is -0.389 e. The molecule has 0 aliphatic carbocycles. The van der Waals surface area contributed by atoms with Crippen LogP contribution in [-0.4, -0.2) is 28.9 Å². The van der Waals surface area contributed by atoms with Crippen LogP contribution in [0.4, 0.5) is 0 Å². The number of halogens is 1. The van der Waals surface area contributed by atoms with Crippen molar-refractivity contribution in [1.82, 2.24) is 4.98 Å². The van der Waals surface area contributed by atoms with Gasteiger partial charge in [0.15, 0.2) is 0 Å². The van der Waals surface area contributed by atoms with Crippen molar-refractivity contribution < 1.29 is 9.84 Å². The zero-order chi connectivity index (χ0) is 11.6. The van der Waals surface area contributed by atoms with Gasteiger partial charge in [-0.3, -0.25) is 4.98 Å². The fourth-order valence-electron chi connectivity index (χ4n) is 2.14. The fraction of sp³-hybridized carbons (Fsp3) is 0.583. The molecule has 0 aromatic carbocycles. The molecular weight excluding hydrogens is 270 g/mol. The first-order chi connectivity index (χ1) is 7.58. The molecule has 0 amide bonds. The van der Waals surface area contributed by atoms with Crippen LogP contribution in [0.25, 0.3) is 0 Å². The Bertz CT molecular complexity index is 362. The van der Waals surface area contributed by atoms with E-state index in [4.69, 9.17) is 4.74 Å². The van der Waals surface area contributed by atoms with Crippen molar-refractivity contribution >= 4 is 15.9 Å². The highest BCUT2D eigenvalue weighted by Gasteiger charge is 2.34. The van der Waals surface area contributed by atoms with Crippen molar-refractivity contribution in [2.75, 3.05) is 13.2 Å². The second-order valence-corrected chi connectivity index (χ2v) is 5.52. The molecule has 1 aromatic heterocycles. The summed E-state index contributed by atoms with van der Waals surface area (Å²) in [6, 6.07) is 2.00. The molecule has 0 bridgehead atoms. The molecule has 1 N–H and O–H groups in total. The second-order valence-electron chi connectivity index (χ2n) is 4.61. The summed E-state index contributed by atoms with van der Waals surface area (Å²) in [7, 11) is 0. The molecule has 1 fully saturated rings. The Morgan fingerprint density at radius 1 is 1.62 bits per heavy atom. The average Bonchev–Trinajstić information content (AvgIpc) is 2.69. The molecule has 1 saturated heterocycles. The van der Waals surface area contributed by atoms with Crippen molar-refractivity contribution in [3.63, 3.8) is 0 Å². The van der Waals surface area contributed by atoms with Crippen LogP contribution in [-0.2, 0) is 11.2 Å². The zero-order valence-corrected chi connectivity index (χ0v) is 10.9. The van der Waals surface area contributed by atoms with E-state index in [1.54, 1.807) is 12.4 Å². The summed E-state index contributed by atoms with van der Waals surface area (Å²) in [4.78, 5) is 4.11. The fourth-order valence-corrected chi connectivity index (χ4v) is 2.55. The smallest absolute Gasteiger partial charge is 0.0711 e. The average molecular weight is 286 g/mol. The predicted molar refractivity (Wildman–Crippen MR) is 65.2 cm³/mol. The summed E-state index contributed by atoms with van der Waals surface area (Å²) >= 11 is 3.38. The number of ether oxygens (including phenoxy) is 1. The number of hydrogen-bond acceptors (Lipinski definition) is 3. The van der Waals surface area contributed by atoms with Crippen molar-refractivity contribution in [1.29, 1.82) is 0 Å². The third-order valence-electron chi connectivity index (χ3n) is 3.13. The van der Waals surface area contributed by atoms with E-state index in [9.17, 15) is 5.11 Å². The highest BCUT2D eigenvalue weighted by molar-refractivity contribution is 9.10. The maximum Gasteiger partial charge on any atom is 0.0711 e.